The molecule has 1 aliphatic carbocycles. The van der Waals surface area contributed by atoms with Crippen molar-refractivity contribution in [1.29, 1.82) is 0 Å². The Morgan fingerprint density at radius 3 is 2.56 bits per heavy atom. The van der Waals surface area contributed by atoms with Crippen molar-refractivity contribution in [2.75, 3.05) is 5.32 Å². The number of nitrogens with zero attached hydrogens (tertiary/aromatic N) is 1. The predicted octanol–water partition coefficient (Wildman–Crippen LogP) is 5.65. The van der Waals surface area contributed by atoms with Gasteiger partial charge in [-0.1, -0.05) is 41.9 Å². The fourth-order valence-corrected chi connectivity index (χ4v) is 5.21. The van der Waals surface area contributed by atoms with Crippen LogP contribution in [0.15, 0.2) is 85.1 Å². The quantitative estimate of drug-likeness (QED) is 0.255. The Hall–Kier alpha value is -3.27. The standard InChI is InChI=1S/C28H21ClIN3O3/c29-22-13-17(27(35)33-26-19-6-2-1-5-16(19)14-25(26)34)8-10-20(22)28(36)32-18-9-11-23(30)21(15-18)24-7-3-4-12-31-24/h1-13,15,25-26,34H,14H2,(H,32,36)(H,33,35)/t25-,26+/m1/s1. The number of nitrogens with one attached hydrogen (secondary N) is 2. The zero-order valence-corrected chi connectivity index (χ0v) is 21.8. The summed E-state index contributed by atoms with van der Waals surface area (Å²) in [7, 11) is 0. The van der Waals surface area contributed by atoms with Gasteiger partial charge in [-0.05, 0) is 82.2 Å². The van der Waals surface area contributed by atoms with E-state index in [9.17, 15) is 14.7 Å². The molecule has 0 radical (unpaired) electrons. The van der Waals surface area contributed by atoms with Gasteiger partial charge >= 0.3 is 0 Å². The van der Waals surface area contributed by atoms with Crippen LogP contribution >= 0.6 is 34.2 Å². The first-order valence-electron chi connectivity index (χ1n) is 11.3. The normalized spacial score (nSPS) is 16.3. The molecule has 0 bridgehead atoms. The summed E-state index contributed by atoms with van der Waals surface area (Å²) in [5.74, 6) is -0.762. The number of hydrogen-bond acceptors (Lipinski definition) is 4. The number of pyridine rings is 1. The smallest absolute Gasteiger partial charge is 0.257 e. The molecule has 2 atom stereocenters. The minimum atomic E-state index is -0.697. The molecule has 1 heterocycles. The van der Waals surface area contributed by atoms with E-state index in [4.69, 9.17) is 11.6 Å². The number of carbonyl (C=O) groups is 2. The van der Waals surface area contributed by atoms with Crippen molar-refractivity contribution < 1.29 is 14.7 Å². The average molecular weight is 610 g/mol. The SMILES string of the molecule is O=C(N[C@H]1c2ccccc2C[C@H]1O)c1ccc(C(=O)Nc2ccc(I)c(-c3ccccn3)c2)c(Cl)c1. The highest BCUT2D eigenvalue weighted by atomic mass is 127. The number of aromatic nitrogens is 1. The van der Waals surface area contributed by atoms with Gasteiger partial charge in [-0.3, -0.25) is 14.6 Å². The van der Waals surface area contributed by atoms with Crippen LogP contribution in [0.3, 0.4) is 0 Å². The molecule has 1 aromatic heterocycles. The molecule has 0 saturated carbocycles. The van der Waals surface area contributed by atoms with Crippen molar-refractivity contribution in [2.45, 2.75) is 18.6 Å². The second kappa shape index (κ2) is 10.4. The van der Waals surface area contributed by atoms with E-state index in [0.717, 1.165) is 26.0 Å². The topological polar surface area (TPSA) is 91.3 Å². The molecule has 1 aliphatic rings. The van der Waals surface area contributed by atoms with Crippen LogP contribution in [-0.4, -0.2) is 28.0 Å². The van der Waals surface area contributed by atoms with Crippen molar-refractivity contribution in [3.63, 3.8) is 0 Å². The molecular weight excluding hydrogens is 589 g/mol. The van der Waals surface area contributed by atoms with Gasteiger partial charge in [-0.2, -0.15) is 0 Å². The van der Waals surface area contributed by atoms with Crippen LogP contribution in [0.2, 0.25) is 5.02 Å². The summed E-state index contributed by atoms with van der Waals surface area (Å²) in [4.78, 5) is 30.2. The molecule has 36 heavy (non-hydrogen) atoms. The maximum absolute atomic E-state index is 13.0. The lowest BCUT2D eigenvalue weighted by molar-refractivity contribution is 0.0857. The van der Waals surface area contributed by atoms with Crippen LogP contribution in [0, 0.1) is 3.57 Å². The number of rotatable bonds is 5. The first-order chi connectivity index (χ1) is 17.4. The fourth-order valence-electron chi connectivity index (χ4n) is 4.33. The summed E-state index contributed by atoms with van der Waals surface area (Å²) < 4.78 is 1.01. The van der Waals surface area contributed by atoms with E-state index in [-0.39, 0.29) is 22.4 Å². The lowest BCUT2D eigenvalue weighted by Crippen LogP contribution is -2.33. The van der Waals surface area contributed by atoms with Gasteiger partial charge in [0.05, 0.1) is 28.4 Å². The number of carbonyl (C=O) groups excluding carboxylic acids is 2. The van der Waals surface area contributed by atoms with Gasteiger partial charge < -0.3 is 15.7 Å². The Morgan fingerprint density at radius 1 is 0.972 bits per heavy atom. The third-order valence-corrected chi connectivity index (χ3v) is 7.38. The molecule has 0 saturated heterocycles. The first kappa shape index (κ1) is 24.4. The monoisotopic (exact) mass is 609 g/mol. The highest BCUT2D eigenvalue weighted by Gasteiger charge is 2.32. The first-order valence-corrected chi connectivity index (χ1v) is 12.7. The molecule has 0 spiro atoms. The van der Waals surface area contributed by atoms with E-state index in [1.807, 2.05) is 60.7 Å². The highest BCUT2D eigenvalue weighted by Crippen LogP contribution is 2.32. The third kappa shape index (κ3) is 5.00. The van der Waals surface area contributed by atoms with Gasteiger partial charge in [0.15, 0.2) is 0 Å². The van der Waals surface area contributed by atoms with Gasteiger partial charge in [-0.15, -0.1) is 0 Å². The van der Waals surface area contributed by atoms with Gasteiger partial charge in [0.2, 0.25) is 0 Å². The summed E-state index contributed by atoms with van der Waals surface area (Å²) in [5.41, 5.74) is 4.79. The van der Waals surface area contributed by atoms with E-state index >= 15 is 0 Å². The van der Waals surface area contributed by atoms with Gasteiger partial charge in [0, 0.05) is 33.0 Å². The van der Waals surface area contributed by atoms with E-state index in [1.54, 1.807) is 12.3 Å². The third-order valence-electron chi connectivity index (χ3n) is 6.13. The van der Waals surface area contributed by atoms with Crippen LogP contribution in [0.25, 0.3) is 11.3 Å². The van der Waals surface area contributed by atoms with Crippen LogP contribution in [0.1, 0.15) is 37.9 Å². The number of fused-ring (bicyclic) bond motifs is 1. The molecule has 0 fully saturated rings. The molecule has 180 valence electrons. The summed E-state index contributed by atoms with van der Waals surface area (Å²) in [6, 6.07) is 22.9. The number of benzene rings is 3. The number of aliphatic hydroxyl groups excluding tert-OH is 1. The Bertz CT molecular complexity index is 1460. The Kier molecular flexibility index (Phi) is 7.04. The van der Waals surface area contributed by atoms with Crippen molar-refractivity contribution in [3.8, 4) is 11.3 Å². The number of amides is 2. The summed E-state index contributed by atoms with van der Waals surface area (Å²) >= 11 is 8.64. The van der Waals surface area contributed by atoms with Crippen LogP contribution in [0.4, 0.5) is 5.69 Å². The van der Waals surface area contributed by atoms with Gasteiger partial charge in [0.1, 0.15) is 0 Å². The number of hydrogen-bond donors (Lipinski definition) is 3. The van der Waals surface area contributed by atoms with Crippen LogP contribution in [-0.2, 0) is 6.42 Å². The van der Waals surface area contributed by atoms with Gasteiger partial charge in [-0.25, -0.2) is 0 Å². The van der Waals surface area contributed by atoms with E-state index in [1.165, 1.54) is 12.1 Å². The van der Waals surface area contributed by atoms with Gasteiger partial charge in [0.25, 0.3) is 11.8 Å². The molecule has 5 rings (SSSR count). The highest BCUT2D eigenvalue weighted by molar-refractivity contribution is 14.1. The van der Waals surface area contributed by atoms with Crippen molar-refractivity contribution in [1.82, 2.24) is 10.3 Å². The second-order valence-electron chi connectivity index (χ2n) is 8.48. The Labute approximate surface area is 226 Å². The lowest BCUT2D eigenvalue weighted by Gasteiger charge is -2.18. The fraction of sp³-hybridized carbons (Fsp3) is 0.107. The number of halogens is 2. The molecule has 0 aliphatic heterocycles. The second-order valence-corrected chi connectivity index (χ2v) is 10.0. The van der Waals surface area contributed by atoms with Crippen LogP contribution in [0.5, 0.6) is 0 Å². The minimum Gasteiger partial charge on any atom is -0.390 e. The predicted molar refractivity (Wildman–Crippen MR) is 148 cm³/mol. The van der Waals surface area contributed by atoms with Crippen molar-refractivity contribution in [3.05, 3.63) is 116 Å². The maximum Gasteiger partial charge on any atom is 0.257 e. The maximum atomic E-state index is 13.0. The molecular formula is C28H21ClIN3O3. The van der Waals surface area contributed by atoms with E-state index < -0.39 is 12.1 Å². The summed E-state index contributed by atoms with van der Waals surface area (Å²) in [6.45, 7) is 0. The molecule has 4 aromatic rings. The molecule has 3 aromatic carbocycles. The molecule has 3 N–H and O–H groups in total. The number of anilines is 1. The summed E-state index contributed by atoms with van der Waals surface area (Å²) in [6.07, 6.45) is 1.51. The number of aliphatic hydroxyl groups is 1. The van der Waals surface area contributed by atoms with Crippen LogP contribution < -0.4 is 10.6 Å². The van der Waals surface area contributed by atoms with E-state index in [2.05, 4.69) is 38.2 Å². The molecule has 6 nitrogen and oxygen atoms in total. The Morgan fingerprint density at radius 2 is 1.78 bits per heavy atom. The average Bonchev–Trinajstić information content (AvgIpc) is 3.20. The molecule has 0 unspecified atom stereocenters. The largest absolute Gasteiger partial charge is 0.390 e. The Balaban J connectivity index is 1.31. The molecule has 8 heteroatoms. The summed E-state index contributed by atoms with van der Waals surface area (Å²) in [5, 5.41) is 16.3. The van der Waals surface area contributed by atoms with Crippen molar-refractivity contribution >= 4 is 51.7 Å². The lowest BCUT2D eigenvalue weighted by atomic mass is 10.1. The van der Waals surface area contributed by atoms with Crippen molar-refractivity contribution in [2.24, 2.45) is 0 Å². The zero-order chi connectivity index (χ0) is 25.2. The van der Waals surface area contributed by atoms with E-state index in [0.29, 0.717) is 17.7 Å². The molecule has 2 amide bonds. The zero-order valence-electron chi connectivity index (χ0n) is 18.9. The minimum absolute atomic E-state index is 0.156.